The molecule has 2 rings (SSSR count). The Kier molecular flexibility index (Phi) is 2.42. The van der Waals surface area contributed by atoms with Crippen molar-refractivity contribution in [2.45, 2.75) is 44.6 Å². The van der Waals surface area contributed by atoms with Crippen LogP contribution in [0.25, 0.3) is 0 Å². The van der Waals surface area contributed by atoms with Crippen LogP contribution in [-0.4, -0.2) is 31.3 Å². The zero-order valence-electron chi connectivity index (χ0n) is 8.68. The van der Waals surface area contributed by atoms with Gasteiger partial charge in [-0.3, -0.25) is 0 Å². The monoisotopic (exact) mass is 210 g/mol. The summed E-state index contributed by atoms with van der Waals surface area (Å²) in [4.78, 5) is 11.2. The summed E-state index contributed by atoms with van der Waals surface area (Å²) in [5.74, 6) is -0.141. The second-order valence-electron chi connectivity index (χ2n) is 3.95. The number of aryl methyl sites for hydroxylation is 1. The average molecular weight is 210 g/mol. The molecule has 6 heteroatoms. The van der Waals surface area contributed by atoms with E-state index in [2.05, 4.69) is 15.5 Å². The molecule has 0 atom stereocenters. The lowest BCUT2D eigenvalue weighted by Crippen LogP contribution is -2.49. The summed E-state index contributed by atoms with van der Waals surface area (Å²) in [6.45, 7) is 2.02. The maximum absolute atomic E-state index is 11.2. The molecular formula is C9H14N4O2. The van der Waals surface area contributed by atoms with E-state index in [4.69, 9.17) is 0 Å². The van der Waals surface area contributed by atoms with Gasteiger partial charge in [0.05, 0.1) is 0 Å². The lowest BCUT2D eigenvalue weighted by Gasteiger charge is -2.37. The van der Waals surface area contributed by atoms with Crippen molar-refractivity contribution in [3.63, 3.8) is 0 Å². The molecule has 1 aliphatic rings. The van der Waals surface area contributed by atoms with Crippen molar-refractivity contribution < 1.29 is 9.90 Å². The van der Waals surface area contributed by atoms with Crippen LogP contribution in [0, 0.1) is 0 Å². The van der Waals surface area contributed by atoms with Crippen LogP contribution in [0.3, 0.4) is 0 Å². The summed E-state index contributed by atoms with van der Waals surface area (Å²) >= 11 is 0. The highest BCUT2D eigenvalue weighted by molar-refractivity contribution is 5.77. The predicted octanol–water partition coefficient (Wildman–Crippen LogP) is 0.589. The first-order valence-electron chi connectivity index (χ1n) is 5.22. The number of aliphatic carboxylic acids is 1. The quantitative estimate of drug-likeness (QED) is 0.786. The Labute approximate surface area is 87.3 Å². The molecule has 0 radical (unpaired) electrons. The lowest BCUT2D eigenvalue weighted by atomic mass is 9.77. The smallest absolute Gasteiger partial charge is 0.331 e. The Morgan fingerprint density at radius 3 is 2.80 bits per heavy atom. The number of hydrogen-bond acceptors (Lipinski definition) is 4. The molecule has 1 heterocycles. The van der Waals surface area contributed by atoms with E-state index >= 15 is 0 Å². The molecule has 0 aliphatic heterocycles. The molecule has 0 amide bonds. The van der Waals surface area contributed by atoms with Gasteiger partial charge in [0.2, 0.25) is 0 Å². The molecule has 1 fully saturated rings. The minimum atomic E-state index is -0.867. The molecule has 0 bridgehead atoms. The molecule has 0 unspecified atom stereocenters. The SMILES string of the molecule is CCCc1nnnn1C1(C(=O)O)CCC1. The number of carbonyl (C=O) groups is 1. The van der Waals surface area contributed by atoms with Gasteiger partial charge in [0.15, 0.2) is 11.4 Å². The third kappa shape index (κ3) is 1.40. The van der Waals surface area contributed by atoms with Crippen LogP contribution in [0.4, 0.5) is 0 Å². The van der Waals surface area contributed by atoms with Gasteiger partial charge in [-0.2, -0.15) is 0 Å². The summed E-state index contributed by atoms with van der Waals surface area (Å²) in [6, 6.07) is 0. The first-order valence-corrected chi connectivity index (χ1v) is 5.22. The van der Waals surface area contributed by atoms with E-state index in [9.17, 15) is 9.90 Å². The summed E-state index contributed by atoms with van der Waals surface area (Å²) in [7, 11) is 0. The van der Waals surface area contributed by atoms with Crippen molar-refractivity contribution in [2.75, 3.05) is 0 Å². The van der Waals surface area contributed by atoms with Crippen LogP contribution in [0.15, 0.2) is 0 Å². The highest BCUT2D eigenvalue weighted by atomic mass is 16.4. The Morgan fingerprint density at radius 1 is 1.60 bits per heavy atom. The number of hydrogen-bond donors (Lipinski definition) is 1. The number of carboxylic acids is 1. The maximum Gasteiger partial charge on any atom is 0.331 e. The van der Waals surface area contributed by atoms with Gasteiger partial charge >= 0.3 is 5.97 Å². The minimum absolute atomic E-state index is 0.629. The molecule has 15 heavy (non-hydrogen) atoms. The largest absolute Gasteiger partial charge is 0.479 e. The van der Waals surface area contributed by atoms with E-state index in [1.54, 1.807) is 0 Å². The van der Waals surface area contributed by atoms with Gasteiger partial charge in [0, 0.05) is 6.42 Å². The second kappa shape index (κ2) is 3.60. The number of carboxylic acid groups (broad SMARTS) is 1. The Balaban J connectivity index is 2.34. The van der Waals surface area contributed by atoms with Crippen LogP contribution < -0.4 is 0 Å². The fourth-order valence-corrected chi connectivity index (χ4v) is 1.95. The van der Waals surface area contributed by atoms with Crippen molar-refractivity contribution in [1.82, 2.24) is 20.2 Å². The molecule has 1 aromatic heterocycles. The molecule has 6 nitrogen and oxygen atoms in total. The second-order valence-corrected chi connectivity index (χ2v) is 3.95. The molecule has 1 aliphatic carbocycles. The van der Waals surface area contributed by atoms with Gasteiger partial charge in [-0.1, -0.05) is 6.92 Å². The van der Waals surface area contributed by atoms with Crippen LogP contribution in [0.1, 0.15) is 38.4 Å². The van der Waals surface area contributed by atoms with E-state index in [1.165, 1.54) is 4.68 Å². The summed E-state index contributed by atoms with van der Waals surface area (Å²) in [5.41, 5.74) is -0.867. The normalized spacial score (nSPS) is 18.5. The van der Waals surface area contributed by atoms with E-state index in [-0.39, 0.29) is 0 Å². The maximum atomic E-state index is 11.2. The zero-order chi connectivity index (χ0) is 10.9. The van der Waals surface area contributed by atoms with Gasteiger partial charge in [-0.15, -0.1) is 5.10 Å². The van der Waals surface area contributed by atoms with Gasteiger partial charge < -0.3 is 5.11 Å². The van der Waals surface area contributed by atoms with Crippen molar-refractivity contribution in [3.05, 3.63) is 5.82 Å². The third-order valence-electron chi connectivity index (χ3n) is 2.99. The first-order chi connectivity index (χ1) is 7.20. The standard InChI is InChI=1S/C9H14N4O2/c1-2-4-7-10-11-12-13(7)9(8(14)15)5-3-6-9/h2-6H2,1H3,(H,14,15). The van der Waals surface area contributed by atoms with Crippen LogP contribution in [0.5, 0.6) is 0 Å². The van der Waals surface area contributed by atoms with Gasteiger partial charge in [-0.25, -0.2) is 9.48 Å². The molecule has 0 aromatic carbocycles. The first kappa shape index (κ1) is 10.1. The topological polar surface area (TPSA) is 80.9 Å². The van der Waals surface area contributed by atoms with Crippen molar-refractivity contribution >= 4 is 5.97 Å². The van der Waals surface area contributed by atoms with E-state index in [0.717, 1.165) is 19.3 Å². The van der Waals surface area contributed by atoms with E-state index in [0.29, 0.717) is 18.7 Å². The fraction of sp³-hybridized carbons (Fsp3) is 0.778. The number of aromatic nitrogens is 4. The van der Waals surface area contributed by atoms with Crippen molar-refractivity contribution in [1.29, 1.82) is 0 Å². The zero-order valence-corrected chi connectivity index (χ0v) is 8.68. The Morgan fingerprint density at radius 2 is 2.33 bits per heavy atom. The van der Waals surface area contributed by atoms with Crippen molar-refractivity contribution in [2.24, 2.45) is 0 Å². The van der Waals surface area contributed by atoms with Crippen LogP contribution >= 0.6 is 0 Å². The van der Waals surface area contributed by atoms with Gasteiger partial charge in [0.25, 0.3) is 0 Å². The minimum Gasteiger partial charge on any atom is -0.479 e. The summed E-state index contributed by atoms with van der Waals surface area (Å²) in [5, 5.41) is 20.5. The highest BCUT2D eigenvalue weighted by Gasteiger charge is 2.48. The van der Waals surface area contributed by atoms with Crippen LogP contribution in [0.2, 0.25) is 0 Å². The number of tetrazole rings is 1. The molecule has 0 spiro atoms. The molecular weight excluding hydrogens is 196 g/mol. The molecule has 82 valence electrons. The van der Waals surface area contributed by atoms with Crippen LogP contribution in [-0.2, 0) is 16.8 Å². The molecule has 0 saturated heterocycles. The number of rotatable bonds is 4. The average Bonchev–Trinajstić information content (AvgIpc) is 2.52. The summed E-state index contributed by atoms with van der Waals surface area (Å²) in [6.07, 6.45) is 3.82. The van der Waals surface area contributed by atoms with Gasteiger partial charge in [-0.05, 0) is 36.1 Å². The molecule has 1 N–H and O–H groups in total. The summed E-state index contributed by atoms with van der Waals surface area (Å²) < 4.78 is 1.50. The predicted molar refractivity (Wildman–Crippen MR) is 51.3 cm³/mol. The van der Waals surface area contributed by atoms with E-state index in [1.807, 2.05) is 6.92 Å². The third-order valence-corrected chi connectivity index (χ3v) is 2.99. The van der Waals surface area contributed by atoms with E-state index < -0.39 is 11.5 Å². The molecule has 1 saturated carbocycles. The fourth-order valence-electron chi connectivity index (χ4n) is 1.95. The van der Waals surface area contributed by atoms with Crippen molar-refractivity contribution in [3.8, 4) is 0 Å². The lowest BCUT2D eigenvalue weighted by molar-refractivity contribution is -0.153. The Bertz CT molecular complexity index is 370. The highest BCUT2D eigenvalue weighted by Crippen LogP contribution is 2.39. The molecule has 1 aromatic rings. The number of nitrogens with zero attached hydrogens (tertiary/aromatic N) is 4. The Hall–Kier alpha value is -1.46. The van der Waals surface area contributed by atoms with Gasteiger partial charge in [0.1, 0.15) is 0 Å².